The molecule has 0 spiro atoms. The van der Waals surface area contributed by atoms with Gasteiger partial charge in [0.05, 0.1) is 10.9 Å². The molecule has 0 radical (unpaired) electrons. The lowest BCUT2D eigenvalue weighted by Gasteiger charge is -2.19. The standard InChI is InChI=1S/C11H14N2O3S2/c1-6-8(11(15)16)10(18-12-6)13(2)9(14)7-4-3-5-17-7/h7H,3-5H2,1-2H3,(H,15,16). The first-order chi connectivity index (χ1) is 8.52. The van der Waals surface area contributed by atoms with Crippen molar-refractivity contribution in [2.75, 3.05) is 17.7 Å². The number of carbonyl (C=O) groups is 2. The Bertz CT molecular complexity index is 481. The van der Waals surface area contributed by atoms with E-state index < -0.39 is 5.97 Å². The number of anilines is 1. The number of hydrogen-bond donors (Lipinski definition) is 1. The van der Waals surface area contributed by atoms with E-state index in [9.17, 15) is 9.59 Å². The third-order valence-electron chi connectivity index (χ3n) is 2.90. The van der Waals surface area contributed by atoms with Crippen molar-refractivity contribution in [1.29, 1.82) is 0 Å². The van der Waals surface area contributed by atoms with Crippen LogP contribution in [0.3, 0.4) is 0 Å². The van der Waals surface area contributed by atoms with E-state index in [1.54, 1.807) is 25.7 Å². The van der Waals surface area contributed by atoms with Crippen LogP contribution in [0.25, 0.3) is 0 Å². The average Bonchev–Trinajstić information content (AvgIpc) is 2.95. The van der Waals surface area contributed by atoms with Gasteiger partial charge in [0.15, 0.2) is 0 Å². The number of aromatic nitrogens is 1. The Morgan fingerprint density at radius 3 is 2.78 bits per heavy atom. The molecule has 0 bridgehead atoms. The lowest BCUT2D eigenvalue weighted by molar-refractivity contribution is -0.117. The van der Waals surface area contributed by atoms with Crippen LogP contribution in [0.5, 0.6) is 0 Å². The Kier molecular flexibility index (Phi) is 3.91. The van der Waals surface area contributed by atoms with Crippen molar-refractivity contribution >= 4 is 40.2 Å². The van der Waals surface area contributed by atoms with Crippen molar-refractivity contribution in [2.24, 2.45) is 0 Å². The number of carboxylic acid groups (broad SMARTS) is 1. The number of nitrogens with zero attached hydrogens (tertiary/aromatic N) is 2. The van der Waals surface area contributed by atoms with Gasteiger partial charge in [-0.2, -0.15) is 4.37 Å². The Hall–Kier alpha value is -1.08. The molecule has 1 aromatic heterocycles. The summed E-state index contributed by atoms with van der Waals surface area (Å²) >= 11 is 2.70. The number of hydrogen-bond acceptors (Lipinski definition) is 5. The van der Waals surface area contributed by atoms with Gasteiger partial charge in [-0.15, -0.1) is 11.8 Å². The third kappa shape index (κ3) is 2.37. The van der Waals surface area contributed by atoms with Crippen LogP contribution in [0, 0.1) is 6.92 Å². The molecule has 1 unspecified atom stereocenters. The zero-order valence-corrected chi connectivity index (χ0v) is 11.8. The van der Waals surface area contributed by atoms with E-state index in [1.165, 1.54) is 4.90 Å². The molecule has 5 nitrogen and oxygen atoms in total. The highest BCUT2D eigenvalue weighted by molar-refractivity contribution is 8.00. The molecule has 1 atom stereocenters. The Balaban J connectivity index is 2.25. The minimum absolute atomic E-state index is 0.0244. The highest BCUT2D eigenvalue weighted by atomic mass is 32.2. The summed E-state index contributed by atoms with van der Waals surface area (Å²) in [5, 5.41) is 9.54. The largest absolute Gasteiger partial charge is 0.478 e. The second-order valence-electron chi connectivity index (χ2n) is 4.15. The number of carbonyl (C=O) groups excluding carboxylic acids is 1. The summed E-state index contributed by atoms with van der Waals surface area (Å²) in [6.45, 7) is 1.64. The monoisotopic (exact) mass is 286 g/mol. The maximum Gasteiger partial charge on any atom is 0.340 e. The van der Waals surface area contributed by atoms with Crippen LogP contribution >= 0.6 is 23.3 Å². The number of aryl methyl sites for hydroxylation is 1. The van der Waals surface area contributed by atoms with E-state index >= 15 is 0 Å². The Morgan fingerprint density at radius 1 is 1.50 bits per heavy atom. The topological polar surface area (TPSA) is 70.5 Å². The molecule has 1 saturated heterocycles. The van der Waals surface area contributed by atoms with Gasteiger partial charge >= 0.3 is 5.97 Å². The summed E-state index contributed by atoms with van der Waals surface area (Å²) in [6.07, 6.45) is 1.91. The maximum absolute atomic E-state index is 12.2. The highest BCUT2D eigenvalue weighted by Gasteiger charge is 2.30. The van der Waals surface area contributed by atoms with Gasteiger partial charge in [-0.05, 0) is 37.1 Å². The summed E-state index contributed by atoms with van der Waals surface area (Å²) in [6, 6.07) is 0. The van der Waals surface area contributed by atoms with Crippen molar-refractivity contribution in [2.45, 2.75) is 25.0 Å². The quantitative estimate of drug-likeness (QED) is 0.920. The van der Waals surface area contributed by atoms with Crippen LogP contribution < -0.4 is 4.90 Å². The van der Waals surface area contributed by atoms with Crippen LogP contribution in [0.15, 0.2) is 0 Å². The first-order valence-electron chi connectivity index (χ1n) is 5.61. The lowest BCUT2D eigenvalue weighted by Crippen LogP contribution is -2.33. The van der Waals surface area contributed by atoms with E-state index in [1.807, 2.05) is 0 Å². The maximum atomic E-state index is 12.2. The van der Waals surface area contributed by atoms with Crippen LogP contribution in [-0.2, 0) is 4.79 Å². The number of carboxylic acids is 1. The fraction of sp³-hybridized carbons (Fsp3) is 0.545. The Morgan fingerprint density at radius 2 is 2.22 bits per heavy atom. The highest BCUT2D eigenvalue weighted by Crippen LogP contribution is 2.32. The molecule has 1 amide bonds. The van der Waals surface area contributed by atoms with Crippen molar-refractivity contribution in [3.05, 3.63) is 11.3 Å². The molecule has 1 N–H and O–H groups in total. The van der Waals surface area contributed by atoms with E-state index in [-0.39, 0.29) is 16.7 Å². The first-order valence-corrected chi connectivity index (χ1v) is 7.43. The number of rotatable bonds is 3. The Labute approximate surface area is 113 Å². The van der Waals surface area contributed by atoms with Crippen molar-refractivity contribution in [3.8, 4) is 0 Å². The number of aromatic carboxylic acids is 1. The lowest BCUT2D eigenvalue weighted by atomic mass is 10.2. The van der Waals surface area contributed by atoms with Gasteiger partial charge in [-0.25, -0.2) is 4.79 Å². The number of amides is 1. The van der Waals surface area contributed by atoms with Gasteiger partial charge in [0.2, 0.25) is 5.91 Å². The fourth-order valence-corrected chi connectivity index (χ4v) is 4.03. The second kappa shape index (κ2) is 5.27. The van der Waals surface area contributed by atoms with Crippen LogP contribution in [0.2, 0.25) is 0 Å². The van der Waals surface area contributed by atoms with Crippen molar-refractivity contribution in [3.63, 3.8) is 0 Å². The molecule has 18 heavy (non-hydrogen) atoms. The van der Waals surface area contributed by atoms with Gasteiger partial charge < -0.3 is 10.0 Å². The minimum atomic E-state index is -1.03. The third-order valence-corrected chi connectivity index (χ3v) is 5.28. The van der Waals surface area contributed by atoms with Gasteiger partial charge in [0, 0.05) is 7.05 Å². The molecule has 2 rings (SSSR count). The molecule has 2 heterocycles. The molecule has 1 aliphatic heterocycles. The van der Waals surface area contributed by atoms with Gasteiger partial charge in [0.25, 0.3) is 0 Å². The van der Waals surface area contributed by atoms with Crippen molar-refractivity contribution in [1.82, 2.24) is 4.37 Å². The molecule has 1 aliphatic rings. The summed E-state index contributed by atoms with van der Waals surface area (Å²) in [7, 11) is 1.63. The van der Waals surface area contributed by atoms with Crippen molar-refractivity contribution < 1.29 is 14.7 Å². The van der Waals surface area contributed by atoms with Gasteiger partial charge in [0.1, 0.15) is 10.6 Å². The van der Waals surface area contributed by atoms with E-state index in [4.69, 9.17) is 5.11 Å². The zero-order chi connectivity index (χ0) is 13.3. The molecule has 7 heteroatoms. The molecule has 0 aromatic carbocycles. The SMILES string of the molecule is Cc1nsc(N(C)C(=O)C2CCCS2)c1C(=O)O. The zero-order valence-electron chi connectivity index (χ0n) is 10.2. The fourth-order valence-electron chi connectivity index (χ4n) is 1.92. The van der Waals surface area contributed by atoms with Gasteiger partial charge in [-0.3, -0.25) is 4.79 Å². The minimum Gasteiger partial charge on any atom is -0.478 e. The summed E-state index contributed by atoms with van der Waals surface area (Å²) in [5.41, 5.74) is 0.597. The summed E-state index contributed by atoms with van der Waals surface area (Å²) in [5.74, 6) is -0.0591. The molecule has 0 aliphatic carbocycles. The molecule has 98 valence electrons. The summed E-state index contributed by atoms with van der Waals surface area (Å²) in [4.78, 5) is 24.8. The second-order valence-corrected chi connectivity index (χ2v) is 6.21. The number of thioether (sulfide) groups is 1. The van der Waals surface area contributed by atoms with E-state index in [0.717, 1.165) is 30.1 Å². The molecule has 1 fully saturated rings. The normalized spacial score (nSPS) is 18.9. The van der Waals surface area contributed by atoms with E-state index in [2.05, 4.69) is 4.37 Å². The predicted octanol–water partition coefficient (Wildman–Crippen LogP) is 2.01. The predicted molar refractivity (Wildman–Crippen MR) is 72.7 cm³/mol. The molecular weight excluding hydrogens is 272 g/mol. The molecule has 1 aromatic rings. The smallest absolute Gasteiger partial charge is 0.340 e. The molecular formula is C11H14N2O3S2. The average molecular weight is 286 g/mol. The van der Waals surface area contributed by atoms with E-state index in [0.29, 0.717) is 10.7 Å². The van der Waals surface area contributed by atoms with Crippen LogP contribution in [0.4, 0.5) is 5.00 Å². The van der Waals surface area contributed by atoms with Crippen LogP contribution in [0.1, 0.15) is 28.9 Å². The summed E-state index contributed by atoms with van der Waals surface area (Å²) < 4.78 is 4.03. The molecule has 0 saturated carbocycles. The first kappa shape index (κ1) is 13.4. The van der Waals surface area contributed by atoms with Gasteiger partial charge in [-0.1, -0.05) is 0 Å². The van der Waals surface area contributed by atoms with Crippen LogP contribution in [-0.4, -0.2) is 39.4 Å².